The van der Waals surface area contributed by atoms with Gasteiger partial charge in [0.05, 0.1) is 21.2 Å². The van der Waals surface area contributed by atoms with Gasteiger partial charge in [-0.15, -0.1) is 0 Å². The Morgan fingerprint density at radius 3 is 2.54 bits per heavy atom. The lowest BCUT2D eigenvalue weighted by molar-refractivity contribution is 0.0952. The molecule has 1 N–H and O–H groups in total. The fraction of sp³-hybridized carbons (Fsp3) is 0.412. The first-order valence-corrected chi connectivity index (χ1v) is 9.96. The molecule has 1 heterocycles. The van der Waals surface area contributed by atoms with E-state index >= 15 is 0 Å². The number of nitrogens with zero attached hydrogens (tertiary/aromatic N) is 3. The van der Waals surface area contributed by atoms with Crippen molar-refractivity contribution in [2.45, 2.75) is 31.7 Å². The van der Waals surface area contributed by atoms with Crippen LogP contribution in [-0.2, 0) is 16.6 Å². The fourth-order valence-corrected chi connectivity index (χ4v) is 3.61. The maximum absolute atomic E-state index is 12.4. The van der Waals surface area contributed by atoms with Crippen molar-refractivity contribution >= 4 is 27.5 Å². The zero-order valence-corrected chi connectivity index (χ0v) is 16.9. The number of halogens is 1. The number of aryl methyl sites for hydroxylation is 3. The van der Waals surface area contributed by atoms with E-state index in [1.54, 1.807) is 0 Å². The van der Waals surface area contributed by atoms with E-state index in [4.69, 9.17) is 11.6 Å². The number of benzene rings is 1. The Bertz CT molecular complexity index is 907. The second kappa shape index (κ2) is 8.20. The number of hydrogen-bond donors (Lipinski definition) is 1. The normalized spacial score (nSPS) is 11.8. The third kappa shape index (κ3) is 4.63. The molecule has 0 bridgehead atoms. The van der Waals surface area contributed by atoms with Crippen LogP contribution in [0.1, 0.15) is 28.2 Å². The molecule has 0 saturated heterocycles. The first-order valence-electron chi connectivity index (χ1n) is 8.14. The van der Waals surface area contributed by atoms with Gasteiger partial charge in [-0.05, 0) is 44.5 Å². The summed E-state index contributed by atoms with van der Waals surface area (Å²) in [5.74, 6) is -0.404. The van der Waals surface area contributed by atoms with Crippen molar-refractivity contribution in [1.82, 2.24) is 19.4 Å². The SMILES string of the molecule is Cc1cc(C)n(CCCNC(=O)c2cc(S(=O)(=O)N(C)C)ccc2Cl)n1. The van der Waals surface area contributed by atoms with E-state index in [1.165, 1.54) is 32.3 Å². The highest BCUT2D eigenvalue weighted by Crippen LogP contribution is 2.22. The van der Waals surface area contributed by atoms with Gasteiger partial charge >= 0.3 is 0 Å². The molecule has 0 unspecified atom stereocenters. The van der Waals surface area contributed by atoms with E-state index < -0.39 is 15.9 Å². The quantitative estimate of drug-likeness (QED) is 0.725. The molecule has 1 aromatic carbocycles. The molecule has 0 saturated carbocycles. The van der Waals surface area contributed by atoms with Crippen molar-refractivity contribution in [2.24, 2.45) is 0 Å². The number of amides is 1. The molecule has 0 radical (unpaired) electrons. The molecule has 2 aromatic rings. The first-order chi connectivity index (χ1) is 12.1. The maximum Gasteiger partial charge on any atom is 0.252 e. The predicted molar refractivity (Wildman–Crippen MR) is 101 cm³/mol. The summed E-state index contributed by atoms with van der Waals surface area (Å²) >= 11 is 6.07. The molecule has 0 spiro atoms. The van der Waals surface area contributed by atoms with Gasteiger partial charge in [0.1, 0.15) is 0 Å². The van der Waals surface area contributed by atoms with E-state index in [0.29, 0.717) is 19.5 Å². The molecule has 0 aliphatic heterocycles. The monoisotopic (exact) mass is 398 g/mol. The number of hydrogen-bond acceptors (Lipinski definition) is 4. The number of carbonyl (C=O) groups is 1. The van der Waals surface area contributed by atoms with Gasteiger partial charge in [-0.3, -0.25) is 9.48 Å². The average Bonchev–Trinajstić information content (AvgIpc) is 2.89. The molecule has 142 valence electrons. The molecule has 0 atom stereocenters. The summed E-state index contributed by atoms with van der Waals surface area (Å²) in [4.78, 5) is 12.4. The van der Waals surface area contributed by atoms with Crippen molar-refractivity contribution in [1.29, 1.82) is 0 Å². The van der Waals surface area contributed by atoms with Gasteiger partial charge < -0.3 is 5.32 Å². The molecular weight excluding hydrogens is 376 g/mol. The van der Waals surface area contributed by atoms with Gasteiger partial charge in [-0.2, -0.15) is 5.10 Å². The van der Waals surface area contributed by atoms with Crippen LogP contribution in [0.15, 0.2) is 29.2 Å². The smallest absolute Gasteiger partial charge is 0.252 e. The summed E-state index contributed by atoms with van der Waals surface area (Å²) in [6.07, 6.45) is 0.695. The Balaban J connectivity index is 2.02. The summed E-state index contributed by atoms with van der Waals surface area (Å²) in [6.45, 7) is 5.03. The van der Waals surface area contributed by atoms with Crippen molar-refractivity contribution in [2.75, 3.05) is 20.6 Å². The molecule has 2 rings (SSSR count). The van der Waals surface area contributed by atoms with Crippen LogP contribution >= 0.6 is 11.6 Å². The Hall–Kier alpha value is -1.90. The highest BCUT2D eigenvalue weighted by atomic mass is 35.5. The Kier molecular flexibility index (Phi) is 6.44. The van der Waals surface area contributed by atoms with E-state index in [1.807, 2.05) is 24.6 Å². The minimum absolute atomic E-state index is 0.0275. The van der Waals surface area contributed by atoms with Gasteiger partial charge in [-0.1, -0.05) is 11.6 Å². The molecule has 7 nitrogen and oxygen atoms in total. The van der Waals surface area contributed by atoms with Gasteiger partial charge in [0.2, 0.25) is 10.0 Å². The molecule has 0 aliphatic rings. The van der Waals surface area contributed by atoms with Crippen LogP contribution < -0.4 is 5.32 Å². The lowest BCUT2D eigenvalue weighted by atomic mass is 10.2. The average molecular weight is 399 g/mol. The molecule has 9 heteroatoms. The van der Waals surface area contributed by atoms with Gasteiger partial charge in [0, 0.05) is 32.9 Å². The van der Waals surface area contributed by atoms with Crippen LogP contribution in [-0.4, -0.2) is 49.1 Å². The van der Waals surface area contributed by atoms with Crippen LogP contribution in [0.4, 0.5) is 0 Å². The van der Waals surface area contributed by atoms with Crippen LogP contribution in [0.25, 0.3) is 0 Å². The summed E-state index contributed by atoms with van der Waals surface area (Å²) < 4.78 is 27.4. The molecule has 1 aromatic heterocycles. The summed E-state index contributed by atoms with van der Waals surface area (Å²) in [5, 5.41) is 7.34. The Labute approximate surface area is 159 Å². The number of carbonyl (C=O) groups excluding carboxylic acids is 1. The van der Waals surface area contributed by atoms with E-state index in [2.05, 4.69) is 10.4 Å². The first kappa shape index (κ1) is 20.4. The highest BCUT2D eigenvalue weighted by molar-refractivity contribution is 7.89. The third-order valence-electron chi connectivity index (χ3n) is 3.90. The van der Waals surface area contributed by atoms with Crippen LogP contribution in [0.3, 0.4) is 0 Å². The second-order valence-electron chi connectivity index (χ2n) is 6.19. The maximum atomic E-state index is 12.4. The number of aromatic nitrogens is 2. The molecule has 26 heavy (non-hydrogen) atoms. The zero-order chi connectivity index (χ0) is 19.5. The van der Waals surface area contributed by atoms with E-state index in [9.17, 15) is 13.2 Å². The predicted octanol–water partition coefficient (Wildman–Crippen LogP) is 2.22. The second-order valence-corrected chi connectivity index (χ2v) is 8.75. The van der Waals surface area contributed by atoms with Gasteiger partial charge in [0.15, 0.2) is 0 Å². The molecule has 0 aliphatic carbocycles. The van der Waals surface area contributed by atoms with Crippen LogP contribution in [0.5, 0.6) is 0 Å². The van der Waals surface area contributed by atoms with E-state index in [-0.39, 0.29) is 15.5 Å². The summed E-state index contributed by atoms with van der Waals surface area (Å²) in [6, 6.07) is 6.10. The van der Waals surface area contributed by atoms with Crippen LogP contribution in [0, 0.1) is 13.8 Å². The lowest BCUT2D eigenvalue weighted by Gasteiger charge is -2.13. The largest absolute Gasteiger partial charge is 0.352 e. The minimum atomic E-state index is -3.63. The zero-order valence-electron chi connectivity index (χ0n) is 15.3. The van der Waals surface area contributed by atoms with Gasteiger partial charge in [0.25, 0.3) is 5.91 Å². The molecule has 0 fully saturated rings. The summed E-state index contributed by atoms with van der Waals surface area (Å²) in [5.41, 5.74) is 2.16. The topological polar surface area (TPSA) is 84.3 Å². The summed E-state index contributed by atoms with van der Waals surface area (Å²) in [7, 11) is -0.764. The van der Waals surface area contributed by atoms with Crippen molar-refractivity contribution in [3.63, 3.8) is 0 Å². The van der Waals surface area contributed by atoms with E-state index in [0.717, 1.165) is 15.7 Å². The highest BCUT2D eigenvalue weighted by Gasteiger charge is 2.20. The lowest BCUT2D eigenvalue weighted by Crippen LogP contribution is -2.27. The van der Waals surface area contributed by atoms with Crippen molar-refractivity contribution in [3.8, 4) is 0 Å². The standard InChI is InChI=1S/C17H23ClN4O3S/c1-12-10-13(2)22(20-12)9-5-8-19-17(23)15-11-14(6-7-16(15)18)26(24,25)21(3)4/h6-7,10-11H,5,8-9H2,1-4H3,(H,19,23). The molecular formula is C17H23ClN4O3S. The number of rotatable bonds is 7. The minimum Gasteiger partial charge on any atom is -0.352 e. The van der Waals surface area contributed by atoms with Crippen molar-refractivity contribution < 1.29 is 13.2 Å². The number of sulfonamides is 1. The Morgan fingerprint density at radius 2 is 1.96 bits per heavy atom. The number of nitrogens with one attached hydrogen (secondary N) is 1. The Morgan fingerprint density at radius 1 is 1.27 bits per heavy atom. The fourth-order valence-electron chi connectivity index (χ4n) is 2.48. The third-order valence-corrected chi connectivity index (χ3v) is 6.04. The molecule has 1 amide bonds. The van der Waals surface area contributed by atoms with Crippen LogP contribution in [0.2, 0.25) is 5.02 Å². The van der Waals surface area contributed by atoms with Gasteiger partial charge in [-0.25, -0.2) is 12.7 Å². The van der Waals surface area contributed by atoms with Crippen molar-refractivity contribution in [3.05, 3.63) is 46.2 Å².